The van der Waals surface area contributed by atoms with Crippen molar-refractivity contribution < 1.29 is 9.47 Å². The summed E-state index contributed by atoms with van der Waals surface area (Å²) in [7, 11) is 0. The second kappa shape index (κ2) is 8.79. The van der Waals surface area contributed by atoms with Crippen LogP contribution in [0.1, 0.15) is 37.5 Å². The Morgan fingerprint density at radius 2 is 1.52 bits per heavy atom. The van der Waals surface area contributed by atoms with Gasteiger partial charge in [-0.05, 0) is 49.2 Å². The number of hydrogen-bond acceptors (Lipinski definition) is 3. The standard InChI is InChI=1S/C25H27N2O2/c1-18-16-23(14-15-24(18)27-26)29-19(2)17-28-22-12-10-21(11-13-22)25(3,4)20-8-6-5-7-9-20/h5-16,19H,17H2,1-4H3/q+1. The van der Waals surface area contributed by atoms with E-state index in [1.807, 2.05) is 38.1 Å². The summed E-state index contributed by atoms with van der Waals surface area (Å²) >= 11 is 0. The Labute approximate surface area is 172 Å². The largest absolute Gasteiger partial charge is 0.490 e. The van der Waals surface area contributed by atoms with Gasteiger partial charge in [-0.15, -0.1) is 0 Å². The van der Waals surface area contributed by atoms with Gasteiger partial charge in [0.1, 0.15) is 24.2 Å². The highest BCUT2D eigenvalue weighted by molar-refractivity contribution is 5.53. The maximum atomic E-state index is 8.90. The smallest absolute Gasteiger partial charge is 0.388 e. The average molecular weight is 388 g/mol. The monoisotopic (exact) mass is 387 g/mol. The van der Waals surface area contributed by atoms with Crippen LogP contribution < -0.4 is 9.47 Å². The highest BCUT2D eigenvalue weighted by Crippen LogP contribution is 2.32. The molecule has 0 fully saturated rings. The molecule has 3 aromatic rings. The zero-order chi connectivity index (χ0) is 20.9. The minimum atomic E-state index is -0.119. The van der Waals surface area contributed by atoms with Gasteiger partial charge in [-0.3, -0.25) is 0 Å². The highest BCUT2D eigenvalue weighted by Gasteiger charge is 2.22. The van der Waals surface area contributed by atoms with Crippen molar-refractivity contribution >= 4 is 5.69 Å². The summed E-state index contributed by atoms with van der Waals surface area (Å²) in [4.78, 5) is 3.23. The summed E-state index contributed by atoms with van der Waals surface area (Å²) in [6, 6.07) is 24.1. The Bertz CT molecular complexity index is 990. The van der Waals surface area contributed by atoms with Crippen LogP contribution in [0, 0.1) is 12.3 Å². The van der Waals surface area contributed by atoms with Crippen LogP contribution in [0.2, 0.25) is 0 Å². The normalized spacial score (nSPS) is 12.1. The van der Waals surface area contributed by atoms with Crippen molar-refractivity contribution in [2.45, 2.75) is 39.2 Å². The van der Waals surface area contributed by atoms with Crippen LogP contribution in [0.3, 0.4) is 0 Å². The van der Waals surface area contributed by atoms with E-state index in [-0.39, 0.29) is 11.5 Å². The Balaban J connectivity index is 1.59. The molecule has 148 valence electrons. The quantitative estimate of drug-likeness (QED) is 0.426. The van der Waals surface area contributed by atoms with Crippen molar-refractivity contribution in [1.29, 1.82) is 5.39 Å². The van der Waals surface area contributed by atoms with E-state index in [1.54, 1.807) is 12.1 Å². The van der Waals surface area contributed by atoms with E-state index >= 15 is 0 Å². The predicted molar refractivity (Wildman–Crippen MR) is 117 cm³/mol. The second-order valence-electron chi connectivity index (χ2n) is 7.80. The number of rotatable bonds is 7. The molecule has 0 spiro atoms. The first-order valence-electron chi connectivity index (χ1n) is 9.81. The van der Waals surface area contributed by atoms with Gasteiger partial charge in [0, 0.05) is 17.0 Å². The van der Waals surface area contributed by atoms with Gasteiger partial charge in [0.05, 0.1) is 0 Å². The molecule has 4 heteroatoms. The van der Waals surface area contributed by atoms with E-state index in [1.165, 1.54) is 11.1 Å². The maximum absolute atomic E-state index is 8.90. The van der Waals surface area contributed by atoms with Crippen LogP contribution in [-0.2, 0) is 5.41 Å². The lowest BCUT2D eigenvalue weighted by molar-refractivity contribution is 0.143. The van der Waals surface area contributed by atoms with E-state index in [0.29, 0.717) is 12.3 Å². The average Bonchev–Trinajstić information content (AvgIpc) is 2.73. The summed E-state index contributed by atoms with van der Waals surface area (Å²) < 4.78 is 11.8. The molecule has 0 N–H and O–H groups in total. The van der Waals surface area contributed by atoms with E-state index in [2.05, 4.69) is 55.2 Å². The van der Waals surface area contributed by atoms with Crippen LogP contribution in [0.4, 0.5) is 5.69 Å². The molecule has 0 amide bonds. The van der Waals surface area contributed by atoms with Crippen LogP contribution in [0.15, 0.2) is 72.8 Å². The number of hydrogen-bond donors (Lipinski definition) is 0. The van der Waals surface area contributed by atoms with Gasteiger partial charge in [0.15, 0.2) is 4.98 Å². The van der Waals surface area contributed by atoms with Crippen LogP contribution in [0.5, 0.6) is 11.5 Å². The van der Waals surface area contributed by atoms with Gasteiger partial charge in [-0.25, -0.2) is 0 Å². The summed E-state index contributed by atoms with van der Waals surface area (Å²) in [5.41, 5.74) is 3.85. The van der Waals surface area contributed by atoms with Gasteiger partial charge in [0.25, 0.3) is 0 Å². The zero-order valence-corrected chi connectivity index (χ0v) is 17.4. The third-order valence-electron chi connectivity index (χ3n) is 5.17. The Morgan fingerprint density at radius 3 is 2.14 bits per heavy atom. The van der Waals surface area contributed by atoms with E-state index < -0.39 is 0 Å². The number of nitrogens with zero attached hydrogens (tertiary/aromatic N) is 2. The summed E-state index contributed by atoms with van der Waals surface area (Å²) in [5.74, 6) is 1.55. The maximum Gasteiger partial charge on any atom is 0.388 e. The molecular formula is C25H27N2O2+. The van der Waals surface area contributed by atoms with Gasteiger partial charge in [-0.2, -0.15) is 0 Å². The first kappa shape index (κ1) is 20.4. The van der Waals surface area contributed by atoms with Crippen molar-refractivity contribution in [3.05, 3.63) is 94.5 Å². The minimum Gasteiger partial charge on any atom is -0.490 e. The lowest BCUT2D eigenvalue weighted by Crippen LogP contribution is -2.21. The number of diazo groups is 1. The number of ether oxygens (including phenoxy) is 2. The molecule has 0 saturated heterocycles. The molecule has 4 nitrogen and oxygen atoms in total. The SMILES string of the molecule is Cc1cc(OC(C)COc2ccc(C(C)(C)c3ccccc3)cc2)ccc1[N+]#N. The van der Waals surface area contributed by atoms with Gasteiger partial charge in [0.2, 0.25) is 5.39 Å². The second-order valence-corrected chi connectivity index (χ2v) is 7.80. The third kappa shape index (κ3) is 4.94. The van der Waals surface area contributed by atoms with Crippen molar-refractivity contribution in [1.82, 2.24) is 0 Å². The first-order valence-corrected chi connectivity index (χ1v) is 9.81. The fourth-order valence-electron chi connectivity index (χ4n) is 3.28. The fourth-order valence-corrected chi connectivity index (χ4v) is 3.28. The minimum absolute atomic E-state index is 0.0684. The van der Waals surface area contributed by atoms with Crippen molar-refractivity contribution in [2.75, 3.05) is 6.61 Å². The molecule has 0 aliphatic heterocycles. The zero-order valence-electron chi connectivity index (χ0n) is 17.4. The Hall–Kier alpha value is -3.32. The molecule has 0 aliphatic carbocycles. The lowest BCUT2D eigenvalue weighted by atomic mass is 9.78. The van der Waals surface area contributed by atoms with Crippen molar-refractivity contribution in [2.24, 2.45) is 0 Å². The molecule has 0 heterocycles. The molecular weight excluding hydrogens is 360 g/mol. The lowest BCUT2D eigenvalue weighted by Gasteiger charge is -2.26. The Morgan fingerprint density at radius 1 is 0.897 bits per heavy atom. The number of benzene rings is 3. The molecule has 0 aromatic heterocycles. The Kier molecular flexibility index (Phi) is 6.19. The van der Waals surface area contributed by atoms with Gasteiger partial charge < -0.3 is 9.47 Å². The summed E-state index contributed by atoms with van der Waals surface area (Å²) in [6.45, 7) is 8.73. The molecule has 1 unspecified atom stereocenters. The van der Waals surface area contributed by atoms with Crippen molar-refractivity contribution in [3.63, 3.8) is 0 Å². The highest BCUT2D eigenvalue weighted by atomic mass is 16.5. The van der Waals surface area contributed by atoms with Crippen LogP contribution >= 0.6 is 0 Å². The fraction of sp³-hybridized carbons (Fsp3) is 0.280. The summed E-state index contributed by atoms with van der Waals surface area (Å²) in [5, 5.41) is 8.90. The molecule has 3 rings (SSSR count). The van der Waals surface area contributed by atoms with E-state index in [0.717, 1.165) is 17.1 Å². The van der Waals surface area contributed by atoms with Gasteiger partial charge >= 0.3 is 5.69 Å². The summed E-state index contributed by atoms with van der Waals surface area (Å²) in [6.07, 6.45) is -0.119. The molecule has 0 radical (unpaired) electrons. The van der Waals surface area contributed by atoms with Gasteiger partial charge in [-0.1, -0.05) is 56.3 Å². The molecule has 29 heavy (non-hydrogen) atoms. The van der Waals surface area contributed by atoms with Crippen LogP contribution in [-0.4, -0.2) is 12.7 Å². The topological polar surface area (TPSA) is 46.6 Å². The molecule has 1 atom stereocenters. The molecule has 0 saturated carbocycles. The predicted octanol–water partition coefficient (Wildman–Crippen LogP) is 6.65. The van der Waals surface area contributed by atoms with E-state index in [9.17, 15) is 0 Å². The number of aryl methyl sites for hydroxylation is 1. The molecule has 3 aromatic carbocycles. The van der Waals surface area contributed by atoms with Crippen LogP contribution in [0.25, 0.3) is 4.98 Å². The molecule has 0 bridgehead atoms. The van der Waals surface area contributed by atoms with E-state index in [4.69, 9.17) is 14.9 Å². The van der Waals surface area contributed by atoms with Crippen molar-refractivity contribution in [3.8, 4) is 11.5 Å². The first-order chi connectivity index (χ1) is 13.9. The third-order valence-corrected chi connectivity index (χ3v) is 5.17. The molecule has 0 aliphatic rings.